The highest BCUT2D eigenvalue weighted by atomic mass is 35.5. The lowest BCUT2D eigenvalue weighted by Crippen LogP contribution is -2.68. The number of aryl methyl sites for hydroxylation is 2. The van der Waals surface area contributed by atoms with E-state index in [0.717, 1.165) is 6.07 Å². The summed E-state index contributed by atoms with van der Waals surface area (Å²) in [4.78, 5) is 27.3. The largest absolute Gasteiger partial charge is 0.762 e. The van der Waals surface area contributed by atoms with Crippen LogP contribution in [0.15, 0.2) is 18.2 Å². The van der Waals surface area contributed by atoms with E-state index in [1.165, 1.54) is 68.3 Å². The maximum Gasteiger partial charge on any atom is 0.342 e. The smallest absolute Gasteiger partial charge is 0.342 e. The summed E-state index contributed by atoms with van der Waals surface area (Å²) in [5, 5.41) is 125. The van der Waals surface area contributed by atoms with Crippen LogP contribution in [0, 0.1) is 19.1 Å². The molecule has 11 aliphatic heterocycles. The van der Waals surface area contributed by atoms with E-state index in [-0.39, 0.29) is 72.7 Å². The van der Waals surface area contributed by atoms with Gasteiger partial charge in [-0.05, 0) is 85.6 Å². The van der Waals surface area contributed by atoms with Crippen molar-refractivity contribution in [3.8, 4) is 23.0 Å². The second-order valence-corrected chi connectivity index (χ2v) is 30.0. The van der Waals surface area contributed by atoms with Gasteiger partial charge in [-0.1, -0.05) is 11.6 Å². The Morgan fingerprint density at radius 1 is 0.596 bits per heavy atom. The van der Waals surface area contributed by atoms with E-state index in [4.69, 9.17) is 130 Å². The number of hydrogen-bond donors (Lipinski definition) is 10. The first-order valence-electron chi connectivity index (χ1n) is 35.8. The summed E-state index contributed by atoms with van der Waals surface area (Å²) in [7, 11) is 5.32. The number of esters is 2. The lowest BCUT2D eigenvalue weighted by atomic mass is 9.85. The Bertz CT molecular complexity index is 3500. The summed E-state index contributed by atoms with van der Waals surface area (Å²) in [6.45, 7) is 12.8. The summed E-state index contributed by atoms with van der Waals surface area (Å²) in [5.41, 5.74) is -3.50. The normalized spacial score (nSPS) is 46.4. The highest BCUT2D eigenvalue weighted by Gasteiger charge is 2.70. The molecule has 2 spiro atoms. The van der Waals surface area contributed by atoms with Crippen molar-refractivity contribution >= 4 is 23.5 Å². The van der Waals surface area contributed by atoms with Crippen LogP contribution in [0.4, 0.5) is 0 Å². The van der Waals surface area contributed by atoms with Crippen LogP contribution in [-0.4, -0.2) is 337 Å². The minimum atomic E-state index is -2.06. The number of phenols is 4. The van der Waals surface area contributed by atoms with Crippen LogP contribution in [0.3, 0.4) is 0 Å². The number of aromatic hydroxyl groups is 4. The van der Waals surface area contributed by atoms with E-state index in [2.05, 4.69) is 0 Å². The number of benzene rings is 2. The number of hydroxylamine groups is 2. The average molecular weight is 1580 g/mol. The molecule has 13 rings (SSSR count). The van der Waals surface area contributed by atoms with Gasteiger partial charge in [0.05, 0.1) is 68.4 Å². The van der Waals surface area contributed by atoms with Gasteiger partial charge in [0.1, 0.15) is 143 Å². The maximum absolute atomic E-state index is 14.0. The van der Waals surface area contributed by atoms with Gasteiger partial charge in [0.2, 0.25) is 0 Å². The first kappa shape index (κ1) is 82.6. The number of nitrogens with zero attached hydrogens (tertiary/aromatic N) is 1. The Morgan fingerprint density at radius 3 is 1.97 bits per heavy atom. The first-order chi connectivity index (χ1) is 51.6. The number of rotatable bonds is 20. The van der Waals surface area contributed by atoms with E-state index in [1.54, 1.807) is 34.6 Å². The van der Waals surface area contributed by atoms with Crippen LogP contribution < -0.4 is 0 Å². The molecule has 11 aliphatic rings. The predicted octanol–water partition coefficient (Wildman–Crippen LogP) is 0.218. The van der Waals surface area contributed by atoms with Crippen molar-refractivity contribution in [3.63, 3.8) is 0 Å². The third kappa shape index (κ3) is 15.4. The van der Waals surface area contributed by atoms with E-state index >= 15 is 0 Å². The van der Waals surface area contributed by atoms with E-state index < -0.39 is 254 Å². The predicted molar refractivity (Wildman–Crippen MR) is 353 cm³/mol. The minimum absolute atomic E-state index is 0.122. The zero-order valence-corrected chi connectivity index (χ0v) is 62.6. The molecule has 0 radical (unpaired) electrons. The lowest BCUT2D eigenvalue weighted by Gasteiger charge is -2.53. The van der Waals surface area contributed by atoms with Crippen molar-refractivity contribution in [2.24, 2.45) is 0 Å². The molecule has 10 N–H and O–H groups in total. The molecule has 40 heteroatoms. The SMILES string of the molecule is COC[C@H]1O[C@@H](O[C@@H]2OC[C@@H]3O[C@@]4(OC[C@@H](OC(=O)c5c(C)cc(O)cc5O)[C@@H]5OCO[C@H]54)O[C@H]3[C@H]2O)[C@@H](OC)[C@@H](O)[C@@H]1O[C@@H]1O[C@H](C)[C@H](OC)[C@H](O[C@@H]2O[C@H](C)[C@H]3O[C@]4(C[C@@H](O)[C@H](O[C@H]5C[C@@H](O[C@H]6C[C@](C)(N([O-])O)[C@@H](OC)[C@H](C)O6)[C@H](OC(=O)c6c(C)cc(O)c(Cl)c6O)[C@@H](C)O5)[C@@H](C)O4)O[C@]3(C)[C@@H]2O)[C@H]1O. The van der Waals surface area contributed by atoms with Crippen molar-refractivity contribution in [2.45, 2.75) is 295 Å². The van der Waals surface area contributed by atoms with Gasteiger partial charge in [-0.25, -0.2) is 9.59 Å². The fraction of sp³-hybridized carbons (Fsp3) is 0.797. The fourth-order valence-corrected chi connectivity index (χ4v) is 17.0. The van der Waals surface area contributed by atoms with Crippen LogP contribution in [0.25, 0.3) is 0 Å². The summed E-state index contributed by atoms with van der Waals surface area (Å²) >= 11 is 6.13. The van der Waals surface area contributed by atoms with Crippen molar-refractivity contribution in [3.05, 3.63) is 50.7 Å². The molecule has 11 heterocycles. The Hall–Kier alpha value is -4.37. The summed E-state index contributed by atoms with van der Waals surface area (Å²) < 4.78 is 154. The third-order valence-corrected chi connectivity index (χ3v) is 22.6. The number of carbonyl (C=O) groups excluding carboxylic acids is 2. The van der Waals surface area contributed by atoms with Crippen LogP contribution in [-0.2, 0) is 118 Å². The van der Waals surface area contributed by atoms with E-state index in [0.29, 0.717) is 0 Å². The van der Waals surface area contributed by atoms with Crippen molar-refractivity contribution in [1.82, 2.24) is 5.23 Å². The van der Waals surface area contributed by atoms with Gasteiger partial charge in [-0.3, -0.25) is 5.23 Å². The summed E-state index contributed by atoms with van der Waals surface area (Å²) in [5.74, 6) is -8.04. The average Bonchev–Trinajstić information content (AvgIpc) is 1.57. The van der Waals surface area contributed by atoms with Gasteiger partial charge in [-0.15, -0.1) is 0 Å². The molecule has 39 nitrogen and oxygen atoms in total. The number of halogens is 1. The highest BCUT2D eigenvalue weighted by Crippen LogP contribution is 2.53. The van der Waals surface area contributed by atoms with Crippen LogP contribution in [0.5, 0.6) is 23.0 Å². The number of hydrogen-bond acceptors (Lipinski definition) is 39. The number of fused-ring (bicyclic) bond motifs is 4. The molecule has 2 aromatic carbocycles. The fourth-order valence-electron chi connectivity index (χ4n) is 16.8. The van der Waals surface area contributed by atoms with E-state index in [1.807, 2.05) is 0 Å². The quantitative estimate of drug-likeness (QED) is 0.0626. The molecule has 2 aromatic rings. The van der Waals surface area contributed by atoms with Gasteiger partial charge >= 0.3 is 17.9 Å². The zero-order valence-electron chi connectivity index (χ0n) is 61.8. The molecule has 614 valence electrons. The molecule has 0 unspecified atom stereocenters. The molecule has 0 aliphatic carbocycles. The Balaban J connectivity index is 0.641. The summed E-state index contributed by atoms with van der Waals surface area (Å²) in [6, 6.07) is 3.46. The molecule has 0 bridgehead atoms. The van der Waals surface area contributed by atoms with Crippen LogP contribution >= 0.6 is 11.6 Å². The summed E-state index contributed by atoms with van der Waals surface area (Å²) in [6.07, 6.45) is -40.5. The van der Waals surface area contributed by atoms with Gasteiger partial charge in [0.25, 0.3) is 5.97 Å². The molecule has 0 saturated carbocycles. The van der Waals surface area contributed by atoms with Crippen LogP contribution in [0.2, 0.25) is 5.02 Å². The molecular formula is C69H97ClNO38-. The third-order valence-electron chi connectivity index (χ3n) is 22.2. The second-order valence-electron chi connectivity index (χ2n) is 29.6. The van der Waals surface area contributed by atoms with Crippen molar-refractivity contribution in [1.29, 1.82) is 0 Å². The van der Waals surface area contributed by atoms with Crippen molar-refractivity contribution in [2.75, 3.05) is 55.1 Å². The highest BCUT2D eigenvalue weighted by molar-refractivity contribution is 6.34. The number of methoxy groups -OCH3 is 4. The number of carbonyl (C=O) groups is 2. The second kappa shape index (κ2) is 32.4. The van der Waals surface area contributed by atoms with Crippen molar-refractivity contribution < 1.29 is 179 Å². The number of ether oxygens (including phenoxy) is 25. The minimum Gasteiger partial charge on any atom is -0.762 e. The topological polar surface area (TPSA) is 493 Å². The number of aliphatic hydroxyl groups is 5. The number of aliphatic hydroxyl groups excluding tert-OH is 5. The molecule has 0 aromatic heterocycles. The van der Waals surface area contributed by atoms with Gasteiger partial charge < -0.3 is 175 Å². The molecular weight excluding hydrogens is 1490 g/mol. The molecule has 11 saturated heterocycles. The Kier molecular flexibility index (Phi) is 24.5. The molecule has 109 heavy (non-hydrogen) atoms. The number of phenolic OH excluding ortho intramolecular Hbond substituents is 4. The van der Waals surface area contributed by atoms with Gasteiger partial charge in [-0.2, -0.15) is 0 Å². The Morgan fingerprint density at radius 2 is 1.28 bits per heavy atom. The molecule has 35 atom stereocenters. The van der Waals surface area contributed by atoms with Gasteiger partial charge in [0, 0.05) is 47.3 Å². The Labute approximate surface area is 629 Å². The standard InChI is InChI=1S/C69H97ClNO38/c1-24-14-31(72)16-32(73)41(24)60(81)98-37-22-92-69(59-53(37)90-23-91-59)106-38-21-89-62(46(78)52(38)107-69)104-64-55(87-12)45(77)51(36(99-64)20-85-10)102-63-47(79)54(50(86-11)27(4)95-63)103-65-56(80)67(9)58(30(7)96-65)108-68(109-67)18-34(75)48(28(5)105-68)100-39-17-35(97-40-19-66(8,71(83)84)57(88-13)29(6)94-40)49(26(3)93-39)101-61(82)42-25(2)15-33(74)43(70)44(42)76/h14-16,26-30,34-40,45-59,62-65,72-80,83H,17-23H2,1-13H3/q-1/t26-,27-,28-,29+,30-,34-,35-,36-,37-,38+,39+,40+,45+,46-,47-,48-,49-,50+,51-,52-,53+,54-,55+,56-,57+,58-,59-,62+,63+,64+,65+,66+,67-,68-,69-/m1/s1. The molecule has 0 amide bonds. The van der Waals surface area contributed by atoms with E-state index in [9.17, 15) is 66.0 Å². The lowest BCUT2D eigenvalue weighted by molar-refractivity contribution is -0.415. The van der Waals surface area contributed by atoms with Gasteiger partial charge in [0.15, 0.2) is 61.8 Å². The first-order valence-corrected chi connectivity index (χ1v) is 36.2. The monoisotopic (exact) mass is 1580 g/mol. The van der Waals surface area contributed by atoms with Crippen LogP contribution in [0.1, 0.15) is 99.6 Å². The maximum atomic E-state index is 14.0. The molecule has 11 fully saturated rings. The zero-order chi connectivity index (χ0) is 78.6.